The van der Waals surface area contributed by atoms with Gasteiger partial charge in [0.05, 0.1) is 5.75 Å². The highest BCUT2D eigenvalue weighted by atomic mass is 35.5. The molecule has 16 heavy (non-hydrogen) atoms. The predicted molar refractivity (Wildman–Crippen MR) is 69.8 cm³/mol. The van der Waals surface area contributed by atoms with Crippen molar-refractivity contribution in [2.45, 2.75) is 51.9 Å². The van der Waals surface area contributed by atoms with Crippen LogP contribution in [0.15, 0.2) is 0 Å². The molecule has 4 heteroatoms. The second-order valence-corrected chi connectivity index (χ2v) is 7.77. The zero-order valence-electron chi connectivity index (χ0n) is 10.2. The Bertz CT molecular complexity index is 292. The van der Waals surface area contributed by atoms with Crippen molar-refractivity contribution in [3.05, 3.63) is 0 Å². The average molecular weight is 267 g/mol. The number of halogens is 1. The lowest BCUT2D eigenvalue weighted by Crippen LogP contribution is -2.27. The Hall–Kier alpha value is 0.240. The molecular weight excluding hydrogens is 244 g/mol. The molecule has 96 valence electrons. The second kappa shape index (κ2) is 6.25. The molecule has 1 aliphatic carbocycles. The SMILES string of the molecule is CCS(=O)(=O)CCCC1(CCl)CCCCC1. The van der Waals surface area contributed by atoms with Crippen molar-refractivity contribution in [3.8, 4) is 0 Å². The van der Waals surface area contributed by atoms with Crippen molar-refractivity contribution in [2.24, 2.45) is 5.41 Å². The van der Waals surface area contributed by atoms with Gasteiger partial charge < -0.3 is 0 Å². The van der Waals surface area contributed by atoms with Crippen molar-refractivity contribution < 1.29 is 8.42 Å². The van der Waals surface area contributed by atoms with E-state index in [4.69, 9.17) is 11.6 Å². The summed E-state index contributed by atoms with van der Waals surface area (Å²) in [6.07, 6.45) is 7.95. The number of rotatable bonds is 6. The molecule has 0 radical (unpaired) electrons. The Morgan fingerprint density at radius 3 is 2.31 bits per heavy atom. The van der Waals surface area contributed by atoms with Crippen LogP contribution in [0.1, 0.15) is 51.9 Å². The molecule has 1 aliphatic rings. The van der Waals surface area contributed by atoms with E-state index in [1.54, 1.807) is 6.92 Å². The van der Waals surface area contributed by atoms with Gasteiger partial charge in [-0.15, -0.1) is 11.6 Å². The zero-order chi connectivity index (χ0) is 12.1. The maximum absolute atomic E-state index is 11.4. The summed E-state index contributed by atoms with van der Waals surface area (Å²) < 4.78 is 22.8. The van der Waals surface area contributed by atoms with Gasteiger partial charge in [0.15, 0.2) is 0 Å². The van der Waals surface area contributed by atoms with E-state index in [0.29, 0.717) is 11.6 Å². The normalized spacial score (nSPS) is 20.9. The van der Waals surface area contributed by atoms with Crippen molar-refractivity contribution in [2.75, 3.05) is 17.4 Å². The molecule has 0 aromatic heterocycles. The Morgan fingerprint density at radius 2 is 1.81 bits per heavy atom. The van der Waals surface area contributed by atoms with Gasteiger partial charge in [0.25, 0.3) is 0 Å². The van der Waals surface area contributed by atoms with Gasteiger partial charge >= 0.3 is 0 Å². The molecule has 2 nitrogen and oxygen atoms in total. The molecule has 0 saturated heterocycles. The first-order chi connectivity index (χ1) is 7.54. The molecule has 1 saturated carbocycles. The van der Waals surface area contributed by atoms with Crippen LogP contribution in [0.2, 0.25) is 0 Å². The van der Waals surface area contributed by atoms with Crippen molar-refractivity contribution in [1.82, 2.24) is 0 Å². The van der Waals surface area contributed by atoms with E-state index in [0.717, 1.165) is 12.8 Å². The fraction of sp³-hybridized carbons (Fsp3) is 1.00. The van der Waals surface area contributed by atoms with E-state index >= 15 is 0 Å². The topological polar surface area (TPSA) is 34.1 Å². The van der Waals surface area contributed by atoms with Crippen LogP contribution < -0.4 is 0 Å². The number of sulfone groups is 1. The highest BCUT2D eigenvalue weighted by molar-refractivity contribution is 7.91. The summed E-state index contributed by atoms with van der Waals surface area (Å²) in [7, 11) is -2.80. The van der Waals surface area contributed by atoms with Gasteiger partial charge in [-0.1, -0.05) is 26.2 Å². The Kier molecular flexibility index (Phi) is 5.58. The minimum absolute atomic E-state index is 0.239. The average Bonchev–Trinajstić information content (AvgIpc) is 2.30. The van der Waals surface area contributed by atoms with E-state index in [-0.39, 0.29) is 11.2 Å². The van der Waals surface area contributed by atoms with Gasteiger partial charge in [-0.3, -0.25) is 0 Å². The standard InChI is InChI=1S/C12H23ClO2S/c1-2-16(14,15)10-6-9-12(11-13)7-4-3-5-8-12/h2-11H2,1H3. The second-order valence-electron chi connectivity index (χ2n) is 5.03. The van der Waals surface area contributed by atoms with Gasteiger partial charge in [0, 0.05) is 11.6 Å². The van der Waals surface area contributed by atoms with Crippen LogP contribution in [-0.4, -0.2) is 25.8 Å². The summed E-state index contributed by atoms with van der Waals surface area (Å²) in [4.78, 5) is 0. The van der Waals surface area contributed by atoms with Gasteiger partial charge in [0.2, 0.25) is 0 Å². The monoisotopic (exact) mass is 266 g/mol. The van der Waals surface area contributed by atoms with Gasteiger partial charge in [0.1, 0.15) is 9.84 Å². The van der Waals surface area contributed by atoms with Crippen LogP contribution in [0.3, 0.4) is 0 Å². The highest BCUT2D eigenvalue weighted by Gasteiger charge is 2.30. The molecule has 1 fully saturated rings. The quantitative estimate of drug-likeness (QED) is 0.691. The fourth-order valence-electron chi connectivity index (χ4n) is 2.56. The maximum Gasteiger partial charge on any atom is 0.150 e. The molecule has 0 aliphatic heterocycles. The Labute approximate surface area is 105 Å². The summed E-state index contributed by atoms with van der Waals surface area (Å²) in [6.45, 7) is 1.72. The van der Waals surface area contributed by atoms with E-state index < -0.39 is 9.84 Å². The molecular formula is C12H23ClO2S. The number of hydrogen-bond donors (Lipinski definition) is 0. The summed E-state index contributed by atoms with van der Waals surface area (Å²) in [6, 6.07) is 0. The van der Waals surface area contributed by atoms with Crippen molar-refractivity contribution >= 4 is 21.4 Å². The van der Waals surface area contributed by atoms with Gasteiger partial charge in [-0.2, -0.15) is 0 Å². The van der Waals surface area contributed by atoms with Crippen molar-refractivity contribution in [3.63, 3.8) is 0 Å². The van der Waals surface area contributed by atoms with Gasteiger partial charge in [-0.05, 0) is 31.1 Å². The molecule has 0 atom stereocenters. The van der Waals surface area contributed by atoms with Crippen molar-refractivity contribution in [1.29, 1.82) is 0 Å². The Morgan fingerprint density at radius 1 is 1.19 bits per heavy atom. The van der Waals surface area contributed by atoms with E-state index in [2.05, 4.69) is 0 Å². The first-order valence-corrected chi connectivity index (χ1v) is 8.66. The van der Waals surface area contributed by atoms with E-state index in [1.165, 1.54) is 32.1 Å². The lowest BCUT2D eigenvalue weighted by Gasteiger charge is -2.35. The summed E-state index contributed by atoms with van der Waals surface area (Å²) in [5.41, 5.74) is 0.239. The highest BCUT2D eigenvalue weighted by Crippen LogP contribution is 2.41. The molecule has 0 heterocycles. The van der Waals surface area contributed by atoms with E-state index in [1.807, 2.05) is 0 Å². The summed E-state index contributed by atoms with van der Waals surface area (Å²) in [5, 5.41) is 0. The third-order valence-corrected chi connectivity index (χ3v) is 6.16. The molecule has 0 amide bonds. The fourth-order valence-corrected chi connectivity index (χ4v) is 3.84. The third-order valence-electron chi connectivity index (χ3n) is 3.80. The third kappa shape index (κ3) is 4.25. The molecule has 0 aromatic carbocycles. The molecule has 0 bridgehead atoms. The van der Waals surface area contributed by atoms with Crippen LogP contribution in [-0.2, 0) is 9.84 Å². The maximum atomic E-state index is 11.4. The zero-order valence-corrected chi connectivity index (χ0v) is 11.7. The minimum atomic E-state index is -2.80. The number of hydrogen-bond acceptors (Lipinski definition) is 2. The first kappa shape index (κ1) is 14.3. The summed E-state index contributed by atoms with van der Waals surface area (Å²) >= 11 is 6.07. The molecule has 0 spiro atoms. The minimum Gasteiger partial charge on any atom is -0.229 e. The summed E-state index contributed by atoms with van der Waals surface area (Å²) in [5.74, 6) is 1.29. The van der Waals surface area contributed by atoms with Crippen LogP contribution in [0.25, 0.3) is 0 Å². The van der Waals surface area contributed by atoms with Crippen LogP contribution in [0, 0.1) is 5.41 Å². The van der Waals surface area contributed by atoms with Crippen LogP contribution in [0.5, 0.6) is 0 Å². The van der Waals surface area contributed by atoms with E-state index in [9.17, 15) is 8.42 Å². The lowest BCUT2D eigenvalue weighted by molar-refractivity contribution is 0.202. The lowest BCUT2D eigenvalue weighted by atomic mass is 9.73. The van der Waals surface area contributed by atoms with Crippen LogP contribution >= 0.6 is 11.6 Å². The molecule has 0 aromatic rings. The molecule has 0 N–H and O–H groups in total. The molecule has 0 unspecified atom stereocenters. The first-order valence-electron chi connectivity index (χ1n) is 6.30. The molecule has 1 rings (SSSR count). The smallest absolute Gasteiger partial charge is 0.150 e. The van der Waals surface area contributed by atoms with Crippen LogP contribution in [0.4, 0.5) is 0 Å². The largest absolute Gasteiger partial charge is 0.229 e. The van der Waals surface area contributed by atoms with Gasteiger partial charge in [-0.25, -0.2) is 8.42 Å². The predicted octanol–water partition coefficient (Wildman–Crippen LogP) is 3.39. The Balaban J connectivity index is 2.39. The number of alkyl halides is 1.